The zero-order valence-electron chi connectivity index (χ0n) is 19.2. The number of hydrogen-bond acceptors (Lipinski definition) is 6. The van der Waals surface area contributed by atoms with E-state index in [4.69, 9.17) is 16.3 Å². The fourth-order valence-corrected chi connectivity index (χ4v) is 4.42. The topological polar surface area (TPSA) is 92.8 Å². The highest BCUT2D eigenvalue weighted by molar-refractivity contribution is 8.18. The van der Waals surface area contributed by atoms with Gasteiger partial charge in [0.2, 0.25) is 0 Å². The van der Waals surface area contributed by atoms with E-state index in [2.05, 4.69) is 5.32 Å². The Hall–Kier alpha value is -3.88. The average Bonchev–Trinajstić information content (AvgIpc) is 3.12. The number of benzene rings is 3. The van der Waals surface area contributed by atoms with Gasteiger partial charge in [-0.05, 0) is 72.3 Å². The lowest BCUT2D eigenvalue weighted by atomic mass is 10.1. The molecule has 0 aliphatic carbocycles. The number of imide groups is 1. The Kier molecular flexibility index (Phi) is 7.87. The number of amides is 3. The second-order valence-electron chi connectivity index (χ2n) is 8.01. The van der Waals surface area contributed by atoms with E-state index in [0.717, 1.165) is 27.8 Å². The van der Waals surface area contributed by atoms with Gasteiger partial charge in [0.05, 0.1) is 17.0 Å². The molecule has 0 saturated carbocycles. The molecular weight excluding hydrogens is 500 g/mol. The highest BCUT2D eigenvalue weighted by atomic mass is 35.5. The molecule has 3 amide bonds. The second kappa shape index (κ2) is 11.2. The lowest BCUT2D eigenvalue weighted by molar-refractivity contribution is -0.123. The minimum absolute atomic E-state index is 0.130. The Balaban J connectivity index is 1.33. The molecule has 1 N–H and O–H groups in total. The predicted octanol–water partition coefficient (Wildman–Crippen LogP) is 5.68. The fourth-order valence-electron chi connectivity index (χ4n) is 3.37. The zero-order chi connectivity index (χ0) is 25.7. The summed E-state index contributed by atoms with van der Waals surface area (Å²) in [6, 6.07) is 20.6. The maximum Gasteiger partial charge on any atom is 0.338 e. The van der Waals surface area contributed by atoms with Gasteiger partial charge in [-0.2, -0.15) is 0 Å². The minimum Gasteiger partial charge on any atom is -0.452 e. The second-order valence-corrected chi connectivity index (χ2v) is 9.44. The summed E-state index contributed by atoms with van der Waals surface area (Å²) in [6.45, 7) is 1.65. The van der Waals surface area contributed by atoms with Gasteiger partial charge < -0.3 is 10.1 Å². The van der Waals surface area contributed by atoms with Crippen molar-refractivity contribution < 1.29 is 23.9 Å². The van der Waals surface area contributed by atoms with Gasteiger partial charge in [-0.15, -0.1) is 0 Å². The van der Waals surface area contributed by atoms with Gasteiger partial charge in [-0.3, -0.25) is 19.3 Å². The van der Waals surface area contributed by atoms with Crippen LogP contribution >= 0.6 is 23.4 Å². The first-order valence-electron chi connectivity index (χ1n) is 10.9. The van der Waals surface area contributed by atoms with Crippen LogP contribution in [0, 0.1) is 6.92 Å². The number of aryl methyl sites for hydroxylation is 1. The molecule has 1 aliphatic heterocycles. The molecule has 3 aromatic rings. The Morgan fingerprint density at radius 3 is 2.44 bits per heavy atom. The SMILES string of the molecule is Cc1ccc(NC(=O)COC(=O)c2ccc(/C=C3\SC(=O)N(Cc4cccc(Cl)c4)C3=O)cc2)cc1. The van der Waals surface area contributed by atoms with Crippen molar-refractivity contribution in [2.45, 2.75) is 13.5 Å². The van der Waals surface area contributed by atoms with Crippen LogP contribution < -0.4 is 5.32 Å². The monoisotopic (exact) mass is 520 g/mol. The maximum atomic E-state index is 12.8. The van der Waals surface area contributed by atoms with Crippen LogP contribution in [0.15, 0.2) is 77.7 Å². The quantitative estimate of drug-likeness (QED) is 0.318. The molecule has 0 radical (unpaired) electrons. The molecular formula is C27H21ClN2O5S. The van der Waals surface area contributed by atoms with Crippen LogP contribution in [0.4, 0.5) is 10.5 Å². The molecule has 1 saturated heterocycles. The summed E-state index contributed by atoms with van der Waals surface area (Å²) in [5.74, 6) is -1.49. The molecule has 1 fully saturated rings. The summed E-state index contributed by atoms with van der Waals surface area (Å²) in [5, 5.41) is 2.82. The van der Waals surface area contributed by atoms with Gasteiger partial charge in [-0.25, -0.2) is 4.79 Å². The number of thioether (sulfide) groups is 1. The summed E-state index contributed by atoms with van der Waals surface area (Å²) in [6.07, 6.45) is 1.59. The van der Waals surface area contributed by atoms with E-state index in [9.17, 15) is 19.2 Å². The highest BCUT2D eigenvalue weighted by Crippen LogP contribution is 2.33. The summed E-state index contributed by atoms with van der Waals surface area (Å²) in [7, 11) is 0. The fraction of sp³-hybridized carbons (Fsp3) is 0.111. The molecule has 4 rings (SSSR count). The third-order valence-corrected chi connectivity index (χ3v) is 6.36. The first-order chi connectivity index (χ1) is 17.3. The molecule has 182 valence electrons. The van der Waals surface area contributed by atoms with Crippen LogP contribution in [0.3, 0.4) is 0 Å². The standard InChI is InChI=1S/C27H21ClN2O5S/c1-17-5-11-22(12-6-17)29-24(31)16-35-26(33)20-9-7-18(8-10-20)14-23-25(32)30(27(34)36-23)15-19-3-2-4-21(28)13-19/h2-14H,15-16H2,1H3,(H,29,31)/b23-14-. The Morgan fingerprint density at radius 2 is 1.75 bits per heavy atom. The number of halogens is 1. The van der Waals surface area contributed by atoms with Crippen molar-refractivity contribution in [2.75, 3.05) is 11.9 Å². The number of esters is 1. The number of rotatable bonds is 7. The molecule has 36 heavy (non-hydrogen) atoms. The summed E-state index contributed by atoms with van der Waals surface area (Å²) in [5.41, 5.74) is 3.32. The van der Waals surface area contributed by atoms with Crippen LogP contribution in [0.25, 0.3) is 6.08 Å². The van der Waals surface area contributed by atoms with E-state index in [1.165, 1.54) is 12.1 Å². The first kappa shape index (κ1) is 25.2. The number of anilines is 1. The predicted molar refractivity (Wildman–Crippen MR) is 139 cm³/mol. The van der Waals surface area contributed by atoms with Crippen molar-refractivity contribution in [1.29, 1.82) is 0 Å². The van der Waals surface area contributed by atoms with Crippen LogP contribution in [-0.4, -0.2) is 34.5 Å². The number of carbonyl (C=O) groups excluding carboxylic acids is 4. The van der Waals surface area contributed by atoms with Crippen molar-refractivity contribution in [3.05, 3.63) is 105 Å². The maximum absolute atomic E-state index is 12.8. The van der Waals surface area contributed by atoms with Crippen molar-refractivity contribution in [3.8, 4) is 0 Å². The van der Waals surface area contributed by atoms with Gasteiger partial charge >= 0.3 is 5.97 Å². The minimum atomic E-state index is -0.651. The van der Waals surface area contributed by atoms with Crippen molar-refractivity contribution >= 4 is 58.1 Å². The molecule has 0 spiro atoms. The van der Waals surface area contributed by atoms with Gasteiger partial charge in [0.25, 0.3) is 17.1 Å². The highest BCUT2D eigenvalue weighted by Gasteiger charge is 2.35. The summed E-state index contributed by atoms with van der Waals surface area (Å²) in [4.78, 5) is 50.9. The lowest BCUT2D eigenvalue weighted by Gasteiger charge is -2.12. The molecule has 1 heterocycles. The van der Waals surface area contributed by atoms with E-state index in [0.29, 0.717) is 16.3 Å². The Labute approximate surface area is 217 Å². The van der Waals surface area contributed by atoms with E-state index in [1.807, 2.05) is 19.1 Å². The summed E-state index contributed by atoms with van der Waals surface area (Å²) >= 11 is 6.84. The first-order valence-corrected chi connectivity index (χ1v) is 12.1. The molecule has 3 aromatic carbocycles. The number of hydrogen-bond donors (Lipinski definition) is 1. The Morgan fingerprint density at radius 1 is 1.03 bits per heavy atom. The van der Waals surface area contributed by atoms with Crippen molar-refractivity contribution in [2.24, 2.45) is 0 Å². The van der Waals surface area contributed by atoms with E-state index in [-0.39, 0.29) is 22.3 Å². The van der Waals surface area contributed by atoms with Crippen molar-refractivity contribution in [1.82, 2.24) is 4.90 Å². The molecule has 0 unspecified atom stereocenters. The number of carbonyl (C=O) groups is 4. The van der Waals surface area contributed by atoms with Crippen LogP contribution in [0.2, 0.25) is 5.02 Å². The van der Waals surface area contributed by atoms with Gasteiger partial charge in [-0.1, -0.05) is 53.6 Å². The molecule has 1 aliphatic rings. The third kappa shape index (κ3) is 6.41. The largest absolute Gasteiger partial charge is 0.452 e. The van der Waals surface area contributed by atoms with E-state index < -0.39 is 24.4 Å². The van der Waals surface area contributed by atoms with Crippen molar-refractivity contribution in [3.63, 3.8) is 0 Å². The van der Waals surface area contributed by atoms with Gasteiger partial charge in [0, 0.05) is 10.7 Å². The van der Waals surface area contributed by atoms with Gasteiger partial charge in [0.15, 0.2) is 6.61 Å². The molecule has 0 aromatic heterocycles. The van der Waals surface area contributed by atoms with E-state index in [1.54, 1.807) is 54.6 Å². The molecule has 0 atom stereocenters. The average molecular weight is 521 g/mol. The molecule has 9 heteroatoms. The number of nitrogens with zero attached hydrogens (tertiary/aromatic N) is 1. The lowest BCUT2D eigenvalue weighted by Crippen LogP contribution is -2.27. The third-order valence-electron chi connectivity index (χ3n) is 5.22. The van der Waals surface area contributed by atoms with E-state index >= 15 is 0 Å². The molecule has 0 bridgehead atoms. The van der Waals surface area contributed by atoms with Gasteiger partial charge in [0.1, 0.15) is 0 Å². The number of nitrogens with one attached hydrogen (secondary N) is 1. The smallest absolute Gasteiger partial charge is 0.338 e. The van der Waals surface area contributed by atoms with Crippen LogP contribution in [0.1, 0.15) is 27.0 Å². The van der Waals surface area contributed by atoms with Crippen LogP contribution in [0.5, 0.6) is 0 Å². The summed E-state index contributed by atoms with van der Waals surface area (Å²) < 4.78 is 5.08. The zero-order valence-corrected chi connectivity index (χ0v) is 20.8. The molecule has 7 nitrogen and oxygen atoms in total. The normalized spacial score (nSPS) is 14.3. The Bertz CT molecular complexity index is 1350. The van der Waals surface area contributed by atoms with Crippen LogP contribution in [-0.2, 0) is 20.9 Å². The number of ether oxygens (including phenoxy) is 1.